The van der Waals surface area contributed by atoms with E-state index in [0.717, 1.165) is 31.7 Å². The summed E-state index contributed by atoms with van der Waals surface area (Å²) in [7, 11) is 0. The van der Waals surface area contributed by atoms with Crippen LogP contribution in [0.25, 0.3) is 4.96 Å². The number of nitrogens with zero attached hydrogens (tertiary/aromatic N) is 3. The van der Waals surface area contributed by atoms with E-state index < -0.39 is 6.03 Å². The van der Waals surface area contributed by atoms with Crippen LogP contribution in [0.2, 0.25) is 0 Å². The van der Waals surface area contributed by atoms with Crippen molar-refractivity contribution in [3.63, 3.8) is 0 Å². The van der Waals surface area contributed by atoms with Crippen LogP contribution < -0.4 is 16.2 Å². The fourth-order valence-electron chi connectivity index (χ4n) is 3.21. The van der Waals surface area contributed by atoms with Gasteiger partial charge in [-0.3, -0.25) is 14.1 Å². The summed E-state index contributed by atoms with van der Waals surface area (Å²) >= 11 is 1.36. The van der Waals surface area contributed by atoms with Crippen molar-refractivity contribution < 1.29 is 9.21 Å². The topological polar surface area (TPSA) is 91.9 Å². The molecular formula is C17H19N5O3S. The monoisotopic (exact) mass is 373 g/mol. The number of aromatic nitrogens is 2. The molecule has 0 radical (unpaired) electrons. The molecule has 9 heteroatoms. The van der Waals surface area contributed by atoms with Crippen LogP contribution in [-0.2, 0) is 0 Å². The van der Waals surface area contributed by atoms with E-state index in [2.05, 4.69) is 20.5 Å². The zero-order chi connectivity index (χ0) is 17.9. The minimum Gasteiger partial charge on any atom is -0.468 e. The number of urea groups is 1. The van der Waals surface area contributed by atoms with Crippen LogP contribution in [0, 0.1) is 0 Å². The molecule has 1 atom stereocenters. The number of rotatable bonds is 5. The number of hydrogen-bond acceptors (Lipinski definition) is 6. The number of thiazole rings is 1. The van der Waals surface area contributed by atoms with Crippen LogP contribution >= 0.6 is 11.3 Å². The van der Waals surface area contributed by atoms with Gasteiger partial charge in [-0.25, -0.2) is 9.78 Å². The highest BCUT2D eigenvalue weighted by molar-refractivity contribution is 7.15. The normalized spacial score (nSPS) is 16.0. The number of nitrogens with one attached hydrogen (secondary N) is 2. The Kier molecular flexibility index (Phi) is 4.72. The molecule has 1 aliphatic rings. The number of furan rings is 1. The first kappa shape index (κ1) is 16.8. The van der Waals surface area contributed by atoms with Crippen LogP contribution in [0.15, 0.2) is 45.4 Å². The predicted molar refractivity (Wildman–Crippen MR) is 98.6 cm³/mol. The molecule has 0 unspecified atom stereocenters. The van der Waals surface area contributed by atoms with Crippen molar-refractivity contribution in [1.82, 2.24) is 19.6 Å². The molecule has 136 valence electrons. The maximum absolute atomic E-state index is 12.3. The summed E-state index contributed by atoms with van der Waals surface area (Å²) in [5, 5.41) is 7.21. The summed E-state index contributed by atoms with van der Waals surface area (Å²) in [6, 6.07) is 3.32. The van der Waals surface area contributed by atoms with Crippen molar-refractivity contribution >= 4 is 28.0 Å². The van der Waals surface area contributed by atoms with Crippen molar-refractivity contribution in [2.75, 3.05) is 25.0 Å². The van der Waals surface area contributed by atoms with Gasteiger partial charge < -0.3 is 15.1 Å². The predicted octanol–water partition coefficient (Wildman–Crippen LogP) is 2.31. The van der Waals surface area contributed by atoms with Gasteiger partial charge in [0.1, 0.15) is 11.4 Å². The summed E-state index contributed by atoms with van der Waals surface area (Å²) in [5.41, 5.74) is -0.150. The third kappa shape index (κ3) is 3.35. The lowest BCUT2D eigenvalue weighted by Gasteiger charge is -2.25. The number of amides is 2. The van der Waals surface area contributed by atoms with Crippen molar-refractivity contribution in [2.24, 2.45) is 0 Å². The Morgan fingerprint density at radius 1 is 1.38 bits per heavy atom. The van der Waals surface area contributed by atoms with Crippen LogP contribution in [-0.4, -0.2) is 39.9 Å². The second-order valence-corrected chi connectivity index (χ2v) is 7.01. The molecule has 0 saturated carbocycles. The lowest BCUT2D eigenvalue weighted by molar-refractivity contribution is 0.207. The average molecular weight is 373 g/mol. The van der Waals surface area contributed by atoms with Gasteiger partial charge in [-0.2, -0.15) is 0 Å². The van der Waals surface area contributed by atoms with E-state index >= 15 is 0 Å². The first-order valence-corrected chi connectivity index (χ1v) is 9.37. The minimum atomic E-state index is -0.435. The maximum Gasteiger partial charge on any atom is 0.319 e. The zero-order valence-corrected chi connectivity index (χ0v) is 14.9. The number of anilines is 1. The van der Waals surface area contributed by atoms with Gasteiger partial charge in [0.2, 0.25) is 0 Å². The molecule has 3 aromatic heterocycles. The molecule has 8 nitrogen and oxygen atoms in total. The van der Waals surface area contributed by atoms with Crippen LogP contribution in [0.5, 0.6) is 0 Å². The molecule has 3 aromatic rings. The molecule has 1 aliphatic heterocycles. The standard InChI is InChI=1S/C17H19N5O3S/c23-15-12(10-19-17-22(15)7-9-26-17)20-16(24)18-11-13(14-4-3-8-25-14)21-5-1-2-6-21/h3-4,7-10,13H,1-2,5-6,11H2,(H2,18,20,24)/t13-/m1/s1. The molecule has 0 aliphatic carbocycles. The lowest BCUT2D eigenvalue weighted by Crippen LogP contribution is -2.39. The molecule has 2 N–H and O–H groups in total. The second kappa shape index (κ2) is 7.30. The van der Waals surface area contributed by atoms with Gasteiger partial charge in [0.25, 0.3) is 5.56 Å². The first-order chi connectivity index (χ1) is 12.7. The SMILES string of the molecule is O=C(NC[C@H](c1ccco1)N1CCCC1)Nc1cnc2sccn2c1=O. The molecule has 26 heavy (non-hydrogen) atoms. The van der Waals surface area contributed by atoms with E-state index in [1.165, 1.54) is 21.9 Å². The Hall–Kier alpha value is -2.65. The zero-order valence-electron chi connectivity index (χ0n) is 14.1. The summed E-state index contributed by atoms with van der Waals surface area (Å²) in [5.74, 6) is 0.827. The summed E-state index contributed by atoms with van der Waals surface area (Å²) in [6.45, 7) is 2.36. The quantitative estimate of drug-likeness (QED) is 0.716. The molecule has 1 fully saturated rings. The van der Waals surface area contributed by atoms with E-state index in [1.54, 1.807) is 17.8 Å². The summed E-state index contributed by atoms with van der Waals surface area (Å²) < 4.78 is 6.95. The van der Waals surface area contributed by atoms with Gasteiger partial charge in [0.15, 0.2) is 4.96 Å². The van der Waals surface area contributed by atoms with Gasteiger partial charge in [0.05, 0.1) is 18.5 Å². The Balaban J connectivity index is 1.43. The fraction of sp³-hybridized carbons (Fsp3) is 0.353. The molecule has 4 rings (SSSR count). The van der Waals surface area contributed by atoms with Gasteiger partial charge >= 0.3 is 6.03 Å². The Labute approximate surface area is 153 Å². The minimum absolute atomic E-state index is 0.0168. The highest BCUT2D eigenvalue weighted by Gasteiger charge is 2.26. The van der Waals surface area contributed by atoms with E-state index in [0.29, 0.717) is 11.5 Å². The molecule has 1 saturated heterocycles. The molecule has 0 bridgehead atoms. The number of fused-ring (bicyclic) bond motifs is 1. The first-order valence-electron chi connectivity index (χ1n) is 8.49. The van der Waals surface area contributed by atoms with Gasteiger partial charge in [-0.1, -0.05) is 0 Å². The molecule has 0 spiro atoms. The average Bonchev–Trinajstić information content (AvgIpc) is 3.40. The fourth-order valence-corrected chi connectivity index (χ4v) is 3.89. The van der Waals surface area contributed by atoms with Crippen LogP contribution in [0.4, 0.5) is 10.5 Å². The van der Waals surface area contributed by atoms with Crippen molar-refractivity contribution in [3.8, 4) is 0 Å². The number of likely N-dealkylation sites (tertiary alicyclic amines) is 1. The molecule has 2 amide bonds. The smallest absolute Gasteiger partial charge is 0.319 e. The van der Waals surface area contributed by atoms with E-state index in [9.17, 15) is 9.59 Å². The lowest BCUT2D eigenvalue weighted by atomic mass is 10.2. The van der Waals surface area contributed by atoms with Crippen molar-refractivity contribution in [3.05, 3.63) is 52.3 Å². The summed E-state index contributed by atoms with van der Waals surface area (Å²) in [6.07, 6.45) is 6.96. The van der Waals surface area contributed by atoms with Gasteiger partial charge in [-0.15, -0.1) is 11.3 Å². The maximum atomic E-state index is 12.3. The van der Waals surface area contributed by atoms with Crippen molar-refractivity contribution in [1.29, 1.82) is 0 Å². The van der Waals surface area contributed by atoms with Gasteiger partial charge in [-0.05, 0) is 38.1 Å². The largest absolute Gasteiger partial charge is 0.468 e. The summed E-state index contributed by atoms with van der Waals surface area (Å²) in [4.78, 5) is 31.7. The Morgan fingerprint density at radius 3 is 3.00 bits per heavy atom. The van der Waals surface area contributed by atoms with E-state index in [1.807, 2.05) is 12.1 Å². The van der Waals surface area contributed by atoms with Gasteiger partial charge in [0, 0.05) is 18.1 Å². The number of carbonyl (C=O) groups is 1. The van der Waals surface area contributed by atoms with E-state index in [-0.39, 0.29) is 17.3 Å². The van der Waals surface area contributed by atoms with Crippen LogP contribution in [0.3, 0.4) is 0 Å². The highest BCUT2D eigenvalue weighted by Crippen LogP contribution is 2.24. The second-order valence-electron chi connectivity index (χ2n) is 6.14. The van der Waals surface area contributed by atoms with Crippen LogP contribution in [0.1, 0.15) is 24.6 Å². The van der Waals surface area contributed by atoms with Crippen molar-refractivity contribution in [2.45, 2.75) is 18.9 Å². The van der Waals surface area contributed by atoms with E-state index in [4.69, 9.17) is 4.42 Å². The molecular weight excluding hydrogens is 354 g/mol. The Bertz CT molecular complexity index is 943. The third-order valence-electron chi connectivity index (χ3n) is 4.50. The molecule has 4 heterocycles. The third-order valence-corrected chi connectivity index (χ3v) is 5.27. The highest BCUT2D eigenvalue weighted by atomic mass is 32.1. The number of hydrogen-bond donors (Lipinski definition) is 2. The molecule has 0 aromatic carbocycles. The number of carbonyl (C=O) groups excluding carboxylic acids is 1. The Morgan fingerprint density at radius 2 is 2.23 bits per heavy atom.